The Balaban J connectivity index is 1.80. The van der Waals surface area contributed by atoms with E-state index in [4.69, 9.17) is 0 Å². The van der Waals surface area contributed by atoms with Crippen LogP contribution < -0.4 is 0 Å². The Bertz CT molecular complexity index is 411. The Labute approximate surface area is 108 Å². The monoisotopic (exact) mass is 252 g/mol. The van der Waals surface area contributed by atoms with E-state index in [1.165, 1.54) is 0 Å². The van der Waals surface area contributed by atoms with Crippen LogP contribution in [0.15, 0.2) is 0 Å². The van der Waals surface area contributed by atoms with Gasteiger partial charge in [0, 0.05) is 12.0 Å². The average Bonchev–Trinajstić information content (AvgIpc) is 2.69. The van der Waals surface area contributed by atoms with E-state index in [2.05, 4.69) is 20.8 Å². The van der Waals surface area contributed by atoms with E-state index in [0.717, 1.165) is 6.42 Å². The highest BCUT2D eigenvalue weighted by Gasteiger charge is 2.91. The van der Waals surface area contributed by atoms with Gasteiger partial charge in [-0.1, -0.05) is 20.8 Å². The van der Waals surface area contributed by atoms with Crippen LogP contribution in [0.25, 0.3) is 0 Å². The topological polar surface area (TPSA) is 60.7 Å². The number of aliphatic hydroxyl groups excluding tert-OH is 3. The molecule has 0 aromatic rings. The van der Waals surface area contributed by atoms with Crippen molar-refractivity contribution in [3.05, 3.63) is 0 Å². The fourth-order valence-corrected chi connectivity index (χ4v) is 6.81. The maximum absolute atomic E-state index is 10.7. The first-order chi connectivity index (χ1) is 8.40. The molecule has 5 saturated carbocycles. The summed E-state index contributed by atoms with van der Waals surface area (Å²) < 4.78 is 0. The molecular weight excluding hydrogens is 228 g/mol. The van der Waals surface area contributed by atoms with E-state index in [-0.39, 0.29) is 41.5 Å². The molecule has 5 fully saturated rings. The lowest BCUT2D eigenvalue weighted by Gasteiger charge is -2.48. The third-order valence-corrected chi connectivity index (χ3v) is 7.78. The first kappa shape index (κ1) is 11.7. The summed E-state index contributed by atoms with van der Waals surface area (Å²) in [7, 11) is 0. The number of hydrogen-bond donors (Lipinski definition) is 3. The van der Waals surface area contributed by atoms with Crippen molar-refractivity contribution in [2.24, 2.45) is 46.3 Å². The van der Waals surface area contributed by atoms with Crippen LogP contribution in [0.4, 0.5) is 0 Å². The fourth-order valence-electron chi connectivity index (χ4n) is 6.81. The number of hydrogen-bond acceptors (Lipinski definition) is 3. The predicted molar refractivity (Wildman–Crippen MR) is 66.5 cm³/mol. The van der Waals surface area contributed by atoms with Crippen LogP contribution in [-0.4, -0.2) is 34.1 Å². The third-order valence-electron chi connectivity index (χ3n) is 7.78. The van der Waals surface area contributed by atoms with Crippen LogP contribution in [0, 0.1) is 46.3 Å². The molecule has 3 nitrogen and oxygen atoms in total. The van der Waals surface area contributed by atoms with Crippen molar-refractivity contribution < 1.29 is 15.3 Å². The summed E-state index contributed by atoms with van der Waals surface area (Å²) in [4.78, 5) is 0. The second-order valence-electron chi connectivity index (χ2n) is 7.79. The van der Waals surface area contributed by atoms with Gasteiger partial charge in [0.1, 0.15) is 0 Å². The zero-order valence-corrected chi connectivity index (χ0v) is 11.4. The molecule has 6 unspecified atom stereocenters. The van der Waals surface area contributed by atoms with Crippen molar-refractivity contribution >= 4 is 0 Å². The molecule has 0 radical (unpaired) electrons. The van der Waals surface area contributed by atoms with Gasteiger partial charge in [-0.3, -0.25) is 0 Å². The molecule has 0 aromatic carbocycles. The van der Waals surface area contributed by atoms with Crippen molar-refractivity contribution in [2.45, 2.75) is 39.4 Å². The summed E-state index contributed by atoms with van der Waals surface area (Å²) in [6, 6.07) is 0. The molecule has 0 spiro atoms. The Morgan fingerprint density at radius 1 is 1.11 bits per heavy atom. The highest BCUT2D eigenvalue weighted by molar-refractivity contribution is 5.38. The largest absolute Gasteiger partial charge is 0.396 e. The van der Waals surface area contributed by atoms with Gasteiger partial charge in [-0.15, -0.1) is 0 Å². The third kappa shape index (κ3) is 0.835. The van der Waals surface area contributed by atoms with Crippen LogP contribution in [0.2, 0.25) is 0 Å². The minimum Gasteiger partial charge on any atom is -0.396 e. The Kier molecular flexibility index (Phi) is 1.93. The minimum absolute atomic E-state index is 0.0852. The van der Waals surface area contributed by atoms with Crippen LogP contribution in [-0.2, 0) is 0 Å². The van der Waals surface area contributed by atoms with E-state index >= 15 is 0 Å². The molecule has 3 heteroatoms. The van der Waals surface area contributed by atoms with Crippen LogP contribution in [0.5, 0.6) is 0 Å². The minimum atomic E-state index is -0.310. The van der Waals surface area contributed by atoms with Gasteiger partial charge in [-0.05, 0) is 47.3 Å². The fraction of sp³-hybridized carbons (Fsp3) is 1.00. The molecule has 5 aliphatic carbocycles. The summed E-state index contributed by atoms with van der Waals surface area (Å²) in [6.07, 6.45) is 0.290. The zero-order valence-electron chi connectivity index (χ0n) is 11.4. The van der Waals surface area contributed by atoms with Crippen molar-refractivity contribution in [3.63, 3.8) is 0 Å². The van der Waals surface area contributed by atoms with Gasteiger partial charge in [-0.25, -0.2) is 0 Å². The van der Waals surface area contributed by atoms with Crippen molar-refractivity contribution in [1.82, 2.24) is 0 Å². The molecule has 5 aliphatic rings. The summed E-state index contributed by atoms with van der Waals surface area (Å²) >= 11 is 0. The van der Waals surface area contributed by atoms with Gasteiger partial charge in [0.05, 0.1) is 12.2 Å². The second kappa shape index (κ2) is 2.97. The highest BCUT2D eigenvalue weighted by atomic mass is 16.3. The van der Waals surface area contributed by atoms with E-state index in [0.29, 0.717) is 23.7 Å². The first-order valence-corrected chi connectivity index (χ1v) is 7.37. The molecular formula is C15H24O3. The summed E-state index contributed by atoms with van der Waals surface area (Å²) in [5.74, 6) is 2.44. The van der Waals surface area contributed by atoms with Crippen LogP contribution in [0.1, 0.15) is 27.2 Å². The lowest BCUT2D eigenvalue weighted by molar-refractivity contribution is -0.0995. The van der Waals surface area contributed by atoms with E-state index in [1.54, 1.807) is 0 Å². The summed E-state index contributed by atoms with van der Waals surface area (Å²) in [6.45, 7) is 6.76. The molecule has 18 heavy (non-hydrogen) atoms. The number of aliphatic hydroxyl groups is 3. The van der Waals surface area contributed by atoms with E-state index < -0.39 is 0 Å². The SMILES string of the molecule is CC(CO)C1C[C@@H](O)[C@@]2(C)[C@H]3C(O)C4C(C13)[C@]42C. The Morgan fingerprint density at radius 3 is 2.33 bits per heavy atom. The molecule has 102 valence electrons. The molecule has 0 aliphatic heterocycles. The van der Waals surface area contributed by atoms with E-state index in [9.17, 15) is 15.3 Å². The second-order valence-corrected chi connectivity index (χ2v) is 7.79. The van der Waals surface area contributed by atoms with Crippen molar-refractivity contribution in [1.29, 1.82) is 0 Å². The average molecular weight is 252 g/mol. The van der Waals surface area contributed by atoms with E-state index in [1.807, 2.05) is 0 Å². The van der Waals surface area contributed by atoms with Crippen molar-refractivity contribution in [2.75, 3.05) is 6.61 Å². The van der Waals surface area contributed by atoms with Gasteiger partial charge in [0.2, 0.25) is 0 Å². The Hall–Kier alpha value is -0.120. The molecule has 10 atom stereocenters. The molecule has 0 heterocycles. The predicted octanol–water partition coefficient (Wildman–Crippen LogP) is 0.875. The molecule has 3 N–H and O–H groups in total. The lowest BCUT2D eigenvalue weighted by Crippen LogP contribution is -2.49. The highest BCUT2D eigenvalue weighted by Crippen LogP contribution is 2.91. The maximum Gasteiger partial charge on any atom is 0.0614 e. The molecule has 0 amide bonds. The molecule has 6 bridgehead atoms. The van der Waals surface area contributed by atoms with Crippen LogP contribution >= 0.6 is 0 Å². The number of rotatable bonds is 2. The van der Waals surface area contributed by atoms with Gasteiger partial charge in [-0.2, -0.15) is 0 Å². The summed E-state index contributed by atoms with van der Waals surface area (Å²) in [5, 5.41) is 30.6. The maximum atomic E-state index is 10.7. The smallest absolute Gasteiger partial charge is 0.0614 e. The standard InChI is InChI=1S/C15H24O3/c1-6(5-16)7-4-8(17)14(2)11-9(7)10-12(13(11)18)15(10,14)3/h6-13,16-18H,4-5H2,1-3H3/t6?,7?,8-,9?,10?,11-,12?,13?,14+,15-/m1/s1. The lowest BCUT2D eigenvalue weighted by atomic mass is 9.59. The quantitative estimate of drug-likeness (QED) is 0.683. The van der Waals surface area contributed by atoms with Gasteiger partial charge in [0.15, 0.2) is 0 Å². The zero-order chi connectivity index (χ0) is 13.0. The molecule has 5 rings (SSSR count). The molecule has 0 aromatic heterocycles. The van der Waals surface area contributed by atoms with Gasteiger partial charge in [0.25, 0.3) is 0 Å². The Morgan fingerprint density at radius 2 is 1.78 bits per heavy atom. The van der Waals surface area contributed by atoms with Gasteiger partial charge < -0.3 is 15.3 Å². The first-order valence-electron chi connectivity index (χ1n) is 7.37. The normalized spacial score (nSPS) is 69.3. The van der Waals surface area contributed by atoms with Crippen molar-refractivity contribution in [3.8, 4) is 0 Å². The van der Waals surface area contributed by atoms with Gasteiger partial charge >= 0.3 is 0 Å². The van der Waals surface area contributed by atoms with Crippen LogP contribution in [0.3, 0.4) is 0 Å². The summed E-state index contributed by atoms with van der Waals surface area (Å²) in [5.41, 5.74) is 0.0726. The molecule has 0 saturated heterocycles.